The van der Waals surface area contributed by atoms with Crippen molar-refractivity contribution < 1.29 is 0 Å². The first-order chi connectivity index (χ1) is 11.7. The summed E-state index contributed by atoms with van der Waals surface area (Å²) in [5, 5.41) is 9.17. The smallest absolute Gasteiger partial charge is 0.100 e. The molecule has 2 aromatic carbocycles. The third-order valence-electron chi connectivity index (χ3n) is 5.01. The summed E-state index contributed by atoms with van der Waals surface area (Å²) in [6.45, 7) is 11.1. The fourth-order valence-electron chi connectivity index (χ4n) is 3.79. The predicted octanol–water partition coefficient (Wildman–Crippen LogP) is 5.33. The van der Waals surface area contributed by atoms with Crippen molar-refractivity contribution in [2.75, 3.05) is 13.1 Å². The van der Waals surface area contributed by atoms with Crippen molar-refractivity contribution >= 4 is 10.9 Å². The number of rotatable bonds is 6. The average molecular weight is 321 g/mol. The standard InChI is InChI=1S/C21H27N3/c1-5-18(24(6-2)7-3)19-15(4)13-14-17-20(19)21(23-22-17)16-11-9-8-10-12-16/h8-14,18H,5-7H2,1-4H3,(H,22,23). The molecule has 1 N–H and O–H groups in total. The van der Waals surface area contributed by atoms with Crippen LogP contribution in [0.25, 0.3) is 22.2 Å². The third kappa shape index (κ3) is 2.84. The number of fused-ring (bicyclic) bond motifs is 1. The maximum atomic E-state index is 4.65. The molecule has 1 unspecified atom stereocenters. The molecule has 1 atom stereocenters. The molecular weight excluding hydrogens is 294 g/mol. The molecule has 3 nitrogen and oxygen atoms in total. The minimum Gasteiger partial charge on any atom is -0.297 e. The topological polar surface area (TPSA) is 31.9 Å². The van der Waals surface area contributed by atoms with Gasteiger partial charge in [0.05, 0.1) is 5.52 Å². The Morgan fingerprint density at radius 1 is 1.00 bits per heavy atom. The summed E-state index contributed by atoms with van der Waals surface area (Å²) in [5.74, 6) is 0. The molecular formula is C21H27N3. The fraction of sp³-hybridized carbons (Fsp3) is 0.381. The van der Waals surface area contributed by atoms with Gasteiger partial charge in [0.2, 0.25) is 0 Å². The molecule has 126 valence electrons. The highest BCUT2D eigenvalue weighted by Crippen LogP contribution is 2.37. The Morgan fingerprint density at radius 2 is 1.71 bits per heavy atom. The Morgan fingerprint density at radius 3 is 2.33 bits per heavy atom. The van der Waals surface area contributed by atoms with Crippen LogP contribution in [0, 0.1) is 6.92 Å². The largest absolute Gasteiger partial charge is 0.297 e. The van der Waals surface area contributed by atoms with Gasteiger partial charge in [-0.15, -0.1) is 0 Å². The van der Waals surface area contributed by atoms with Gasteiger partial charge < -0.3 is 0 Å². The minimum atomic E-state index is 0.420. The lowest BCUT2D eigenvalue weighted by atomic mass is 9.91. The summed E-state index contributed by atoms with van der Waals surface area (Å²) in [5.41, 5.74) is 6.13. The number of aromatic nitrogens is 2. The maximum absolute atomic E-state index is 4.65. The van der Waals surface area contributed by atoms with Gasteiger partial charge in [-0.1, -0.05) is 57.2 Å². The second-order valence-electron chi connectivity index (χ2n) is 6.30. The Bertz CT molecular complexity index is 801. The Kier molecular flexibility index (Phi) is 5.00. The van der Waals surface area contributed by atoms with E-state index >= 15 is 0 Å². The van der Waals surface area contributed by atoms with Crippen LogP contribution in [0.15, 0.2) is 42.5 Å². The number of H-pyrrole nitrogens is 1. The van der Waals surface area contributed by atoms with E-state index in [1.807, 2.05) is 0 Å². The van der Waals surface area contributed by atoms with E-state index in [0.29, 0.717) is 6.04 Å². The summed E-state index contributed by atoms with van der Waals surface area (Å²) >= 11 is 0. The minimum absolute atomic E-state index is 0.420. The fourth-order valence-corrected chi connectivity index (χ4v) is 3.79. The van der Waals surface area contributed by atoms with Crippen LogP contribution < -0.4 is 0 Å². The molecule has 0 amide bonds. The van der Waals surface area contributed by atoms with Gasteiger partial charge in [0, 0.05) is 17.0 Å². The molecule has 0 aliphatic rings. The lowest BCUT2D eigenvalue weighted by Gasteiger charge is -2.31. The SMILES string of the molecule is CCC(c1c(C)ccc2[nH]nc(-c3ccccc3)c12)N(CC)CC. The first-order valence-corrected chi connectivity index (χ1v) is 8.98. The number of nitrogens with one attached hydrogen (secondary N) is 1. The zero-order valence-electron chi connectivity index (χ0n) is 15.1. The van der Waals surface area contributed by atoms with Gasteiger partial charge in [0.15, 0.2) is 0 Å². The van der Waals surface area contributed by atoms with Gasteiger partial charge in [-0.05, 0) is 43.6 Å². The van der Waals surface area contributed by atoms with E-state index in [9.17, 15) is 0 Å². The monoisotopic (exact) mass is 321 g/mol. The summed E-state index contributed by atoms with van der Waals surface area (Å²) < 4.78 is 0. The molecule has 3 rings (SSSR count). The summed E-state index contributed by atoms with van der Waals surface area (Å²) in [6.07, 6.45) is 1.10. The molecule has 3 aromatic rings. The molecule has 24 heavy (non-hydrogen) atoms. The van der Waals surface area contributed by atoms with Gasteiger partial charge >= 0.3 is 0 Å². The third-order valence-corrected chi connectivity index (χ3v) is 5.01. The highest BCUT2D eigenvalue weighted by atomic mass is 15.1. The molecule has 1 aromatic heterocycles. The first kappa shape index (κ1) is 16.7. The number of hydrogen-bond donors (Lipinski definition) is 1. The van der Waals surface area contributed by atoms with Crippen molar-refractivity contribution in [2.24, 2.45) is 0 Å². The average Bonchev–Trinajstić information content (AvgIpc) is 3.05. The van der Waals surface area contributed by atoms with E-state index in [2.05, 4.69) is 85.3 Å². The number of aryl methyl sites for hydroxylation is 1. The molecule has 0 saturated heterocycles. The van der Waals surface area contributed by atoms with Crippen LogP contribution >= 0.6 is 0 Å². The van der Waals surface area contributed by atoms with Crippen molar-refractivity contribution in [3.05, 3.63) is 53.6 Å². The predicted molar refractivity (Wildman–Crippen MR) is 102 cm³/mol. The van der Waals surface area contributed by atoms with Crippen LogP contribution in [0.2, 0.25) is 0 Å². The highest BCUT2D eigenvalue weighted by molar-refractivity contribution is 5.96. The van der Waals surface area contributed by atoms with Crippen LogP contribution in [-0.2, 0) is 0 Å². The van der Waals surface area contributed by atoms with E-state index in [0.717, 1.165) is 30.7 Å². The van der Waals surface area contributed by atoms with Crippen LogP contribution in [0.4, 0.5) is 0 Å². The lowest BCUT2D eigenvalue weighted by Crippen LogP contribution is -2.28. The van der Waals surface area contributed by atoms with Crippen LogP contribution in [-0.4, -0.2) is 28.2 Å². The summed E-state index contributed by atoms with van der Waals surface area (Å²) in [4.78, 5) is 2.55. The van der Waals surface area contributed by atoms with Crippen LogP contribution in [0.1, 0.15) is 44.4 Å². The number of benzene rings is 2. The lowest BCUT2D eigenvalue weighted by molar-refractivity contribution is 0.214. The number of nitrogens with zero attached hydrogens (tertiary/aromatic N) is 2. The zero-order valence-corrected chi connectivity index (χ0v) is 15.1. The number of hydrogen-bond acceptors (Lipinski definition) is 2. The van der Waals surface area contributed by atoms with Crippen molar-refractivity contribution in [2.45, 2.75) is 40.2 Å². The molecule has 0 aliphatic carbocycles. The van der Waals surface area contributed by atoms with Gasteiger partial charge in [-0.2, -0.15) is 5.10 Å². The summed E-state index contributed by atoms with van der Waals surface area (Å²) in [6, 6.07) is 15.3. The first-order valence-electron chi connectivity index (χ1n) is 8.98. The zero-order chi connectivity index (χ0) is 17.1. The van der Waals surface area contributed by atoms with E-state index in [-0.39, 0.29) is 0 Å². The van der Waals surface area contributed by atoms with Crippen molar-refractivity contribution in [3.63, 3.8) is 0 Å². The van der Waals surface area contributed by atoms with E-state index < -0.39 is 0 Å². The highest BCUT2D eigenvalue weighted by Gasteiger charge is 2.23. The normalized spacial score (nSPS) is 12.9. The van der Waals surface area contributed by atoms with Gasteiger partial charge in [-0.25, -0.2) is 0 Å². The van der Waals surface area contributed by atoms with Gasteiger partial charge in [-0.3, -0.25) is 10.00 Å². The quantitative estimate of drug-likeness (QED) is 0.665. The van der Waals surface area contributed by atoms with Crippen LogP contribution in [0.5, 0.6) is 0 Å². The Labute approximate surface area is 144 Å². The molecule has 0 radical (unpaired) electrons. The van der Waals surface area contributed by atoms with Gasteiger partial charge in [0.1, 0.15) is 5.69 Å². The van der Waals surface area contributed by atoms with E-state index in [1.165, 1.54) is 22.1 Å². The molecule has 0 aliphatic heterocycles. The second kappa shape index (κ2) is 7.18. The number of aromatic amines is 1. The van der Waals surface area contributed by atoms with Crippen LogP contribution in [0.3, 0.4) is 0 Å². The molecule has 0 spiro atoms. The van der Waals surface area contributed by atoms with Gasteiger partial charge in [0.25, 0.3) is 0 Å². The molecule has 3 heteroatoms. The van der Waals surface area contributed by atoms with Crippen molar-refractivity contribution in [1.29, 1.82) is 0 Å². The second-order valence-corrected chi connectivity index (χ2v) is 6.30. The molecule has 0 fully saturated rings. The van der Waals surface area contributed by atoms with E-state index in [1.54, 1.807) is 0 Å². The Balaban J connectivity index is 2.26. The van der Waals surface area contributed by atoms with Crippen molar-refractivity contribution in [3.8, 4) is 11.3 Å². The Hall–Kier alpha value is -2.13. The summed E-state index contributed by atoms with van der Waals surface area (Å²) in [7, 11) is 0. The molecule has 0 bridgehead atoms. The molecule has 1 heterocycles. The van der Waals surface area contributed by atoms with Crippen molar-refractivity contribution in [1.82, 2.24) is 15.1 Å². The molecule has 0 saturated carbocycles. The maximum Gasteiger partial charge on any atom is 0.100 e. The van der Waals surface area contributed by atoms with E-state index in [4.69, 9.17) is 0 Å².